The Kier molecular flexibility index (Phi) is 2.92. The van der Waals surface area contributed by atoms with Crippen LogP contribution >= 0.6 is 11.3 Å². The molecule has 1 aromatic carbocycles. The molecule has 120 valence electrons. The zero-order valence-corrected chi connectivity index (χ0v) is 14.3. The molecule has 0 unspecified atom stereocenters. The Bertz CT molecular complexity index is 784. The average Bonchev–Trinajstić information content (AvgIpc) is 3.21. The molecule has 4 heteroatoms. The summed E-state index contributed by atoms with van der Waals surface area (Å²) in [6.45, 7) is 4.59. The van der Waals surface area contributed by atoms with E-state index in [2.05, 4.69) is 41.4 Å². The van der Waals surface area contributed by atoms with Crippen LogP contribution in [0.2, 0.25) is 0 Å². The Hall–Kier alpha value is -1.39. The first-order valence-corrected chi connectivity index (χ1v) is 9.54. The Balaban J connectivity index is 1.43. The highest BCUT2D eigenvalue weighted by Gasteiger charge is 2.60. The highest BCUT2D eigenvalue weighted by molar-refractivity contribution is 7.21. The lowest BCUT2D eigenvalue weighted by Crippen LogP contribution is -2.65. The van der Waals surface area contributed by atoms with Gasteiger partial charge in [-0.05, 0) is 68.6 Å². The Morgan fingerprint density at radius 2 is 2.09 bits per heavy atom. The van der Waals surface area contributed by atoms with Crippen molar-refractivity contribution in [3.05, 3.63) is 34.7 Å². The maximum absolute atomic E-state index is 12.9. The number of nitrogens with zero attached hydrogens (tertiary/aromatic N) is 1. The van der Waals surface area contributed by atoms with Crippen LogP contribution in [0.15, 0.2) is 24.3 Å². The number of carbonyl (C=O) groups is 1. The van der Waals surface area contributed by atoms with Crippen LogP contribution in [-0.4, -0.2) is 35.5 Å². The lowest BCUT2D eigenvalue weighted by molar-refractivity contribution is -0.00138. The molecular formula is C19H22N2OS. The standard InChI is InChI=1S/C19H22N2OS/c1-12-3-2-4-14-11-15(23-16(12)14)18(22)20-17-13-5-9-21(10-6-13)19(17)7-8-19/h2-4,11,13,17H,5-10H2,1H3,(H,20,22)/t17-/m0/s1. The number of piperidine rings is 3. The number of nitrogens with one attached hydrogen (secondary N) is 1. The molecule has 23 heavy (non-hydrogen) atoms. The molecule has 3 nitrogen and oxygen atoms in total. The Morgan fingerprint density at radius 1 is 1.30 bits per heavy atom. The van der Waals surface area contributed by atoms with E-state index in [1.807, 2.05) is 0 Å². The lowest BCUT2D eigenvalue weighted by Gasteiger charge is -2.52. The number of carbonyl (C=O) groups excluding carboxylic acids is 1. The number of rotatable bonds is 2. The second kappa shape index (κ2) is 4.81. The van der Waals surface area contributed by atoms with Gasteiger partial charge in [0.15, 0.2) is 0 Å². The van der Waals surface area contributed by atoms with Crippen LogP contribution in [0.1, 0.15) is 40.9 Å². The molecule has 1 saturated carbocycles. The molecule has 1 spiro atoms. The summed E-state index contributed by atoms with van der Waals surface area (Å²) in [4.78, 5) is 16.4. The second-order valence-corrected chi connectivity index (χ2v) is 8.54. The van der Waals surface area contributed by atoms with Crippen molar-refractivity contribution in [2.24, 2.45) is 5.92 Å². The highest BCUT2D eigenvalue weighted by atomic mass is 32.1. The molecule has 2 bridgehead atoms. The van der Waals surface area contributed by atoms with Crippen LogP contribution in [0.25, 0.3) is 10.1 Å². The molecule has 1 amide bonds. The summed E-state index contributed by atoms with van der Waals surface area (Å²) in [5.74, 6) is 0.818. The van der Waals surface area contributed by atoms with Gasteiger partial charge in [0.05, 0.1) is 10.9 Å². The summed E-state index contributed by atoms with van der Waals surface area (Å²) in [7, 11) is 0. The van der Waals surface area contributed by atoms with E-state index in [1.165, 1.54) is 54.4 Å². The molecule has 4 aliphatic rings. The predicted octanol–water partition coefficient (Wildman–Crippen LogP) is 3.57. The van der Waals surface area contributed by atoms with Crippen LogP contribution < -0.4 is 5.32 Å². The zero-order valence-electron chi connectivity index (χ0n) is 13.5. The topological polar surface area (TPSA) is 32.3 Å². The van der Waals surface area contributed by atoms with Gasteiger partial charge in [-0.25, -0.2) is 0 Å². The van der Waals surface area contributed by atoms with Gasteiger partial charge in [0.25, 0.3) is 5.91 Å². The van der Waals surface area contributed by atoms with Crippen LogP contribution in [0.3, 0.4) is 0 Å². The molecule has 4 fully saturated rings. The minimum Gasteiger partial charge on any atom is -0.346 e. The fourth-order valence-electron chi connectivity index (χ4n) is 4.85. The van der Waals surface area contributed by atoms with Crippen molar-refractivity contribution in [1.29, 1.82) is 0 Å². The summed E-state index contributed by atoms with van der Waals surface area (Å²) in [6.07, 6.45) is 5.02. The third-order valence-corrected chi connectivity index (χ3v) is 7.52. The van der Waals surface area contributed by atoms with E-state index in [-0.39, 0.29) is 5.91 Å². The molecule has 2 aromatic rings. The van der Waals surface area contributed by atoms with Crippen molar-refractivity contribution in [1.82, 2.24) is 10.2 Å². The smallest absolute Gasteiger partial charge is 0.261 e. The normalized spacial score (nSPS) is 30.7. The van der Waals surface area contributed by atoms with E-state index in [0.717, 1.165) is 4.88 Å². The molecule has 1 N–H and O–H groups in total. The number of benzene rings is 1. The van der Waals surface area contributed by atoms with E-state index < -0.39 is 0 Å². The summed E-state index contributed by atoms with van der Waals surface area (Å²) < 4.78 is 1.24. The largest absolute Gasteiger partial charge is 0.346 e. The monoisotopic (exact) mass is 326 g/mol. The van der Waals surface area contributed by atoms with Gasteiger partial charge in [-0.15, -0.1) is 11.3 Å². The fourth-order valence-corrected chi connectivity index (χ4v) is 5.89. The van der Waals surface area contributed by atoms with Gasteiger partial charge >= 0.3 is 0 Å². The second-order valence-electron chi connectivity index (χ2n) is 7.48. The third kappa shape index (κ3) is 2.01. The molecular weight excluding hydrogens is 304 g/mol. The maximum atomic E-state index is 12.9. The van der Waals surface area contributed by atoms with Crippen LogP contribution in [0.5, 0.6) is 0 Å². The van der Waals surface area contributed by atoms with Crippen molar-refractivity contribution >= 4 is 27.3 Å². The molecule has 3 aliphatic heterocycles. The first-order valence-electron chi connectivity index (χ1n) is 8.72. The molecule has 3 saturated heterocycles. The molecule has 1 aliphatic carbocycles. The highest BCUT2D eigenvalue weighted by Crippen LogP contribution is 2.53. The summed E-state index contributed by atoms with van der Waals surface area (Å²) in [5, 5.41) is 4.62. The SMILES string of the molecule is Cc1cccc2cc(C(=O)N[C@H]3C4CCN(CC4)C34CC4)sc12. The van der Waals surface area contributed by atoms with Gasteiger partial charge < -0.3 is 5.32 Å². The van der Waals surface area contributed by atoms with Crippen molar-refractivity contribution in [3.63, 3.8) is 0 Å². The first kappa shape index (κ1) is 14.0. The molecule has 6 rings (SSSR count). The average molecular weight is 326 g/mol. The number of thiophene rings is 1. The van der Waals surface area contributed by atoms with Crippen molar-refractivity contribution in [2.75, 3.05) is 13.1 Å². The predicted molar refractivity (Wildman–Crippen MR) is 94.1 cm³/mol. The van der Waals surface area contributed by atoms with Crippen molar-refractivity contribution in [2.45, 2.75) is 44.2 Å². The van der Waals surface area contributed by atoms with E-state index in [1.54, 1.807) is 11.3 Å². The quantitative estimate of drug-likeness (QED) is 0.915. The number of hydrogen-bond acceptors (Lipinski definition) is 3. The van der Waals surface area contributed by atoms with Gasteiger partial charge in [0.2, 0.25) is 0 Å². The van der Waals surface area contributed by atoms with Crippen molar-refractivity contribution in [3.8, 4) is 0 Å². The Morgan fingerprint density at radius 3 is 2.78 bits per heavy atom. The molecule has 1 atom stereocenters. The summed E-state index contributed by atoms with van der Waals surface area (Å²) in [6, 6.07) is 8.71. The van der Waals surface area contributed by atoms with E-state index in [4.69, 9.17) is 0 Å². The minimum absolute atomic E-state index is 0.135. The van der Waals surface area contributed by atoms with E-state index >= 15 is 0 Å². The maximum Gasteiger partial charge on any atom is 0.261 e. The van der Waals surface area contributed by atoms with Gasteiger partial charge in [0.1, 0.15) is 0 Å². The first-order chi connectivity index (χ1) is 11.2. The van der Waals surface area contributed by atoms with E-state index in [9.17, 15) is 4.79 Å². The van der Waals surface area contributed by atoms with Gasteiger partial charge in [-0.3, -0.25) is 9.69 Å². The van der Waals surface area contributed by atoms with Crippen molar-refractivity contribution < 1.29 is 4.79 Å². The van der Waals surface area contributed by atoms with Crippen LogP contribution in [-0.2, 0) is 0 Å². The molecule has 0 radical (unpaired) electrons. The third-order valence-electron chi connectivity index (χ3n) is 6.23. The fraction of sp³-hybridized carbons (Fsp3) is 0.526. The Labute approximate surface area is 140 Å². The van der Waals surface area contributed by atoms with Crippen LogP contribution in [0, 0.1) is 12.8 Å². The lowest BCUT2D eigenvalue weighted by atomic mass is 9.77. The van der Waals surface area contributed by atoms with Gasteiger partial charge in [-0.1, -0.05) is 18.2 Å². The number of fused-ring (bicyclic) bond motifs is 3. The molecule has 4 heterocycles. The van der Waals surface area contributed by atoms with Crippen LogP contribution in [0.4, 0.5) is 0 Å². The number of aryl methyl sites for hydroxylation is 1. The summed E-state index contributed by atoms with van der Waals surface area (Å²) >= 11 is 1.64. The van der Waals surface area contributed by atoms with E-state index in [0.29, 0.717) is 17.5 Å². The zero-order chi connectivity index (χ0) is 15.6. The minimum atomic E-state index is 0.135. The van der Waals surface area contributed by atoms with Gasteiger partial charge in [0, 0.05) is 10.2 Å². The number of hydrogen-bond donors (Lipinski definition) is 1. The molecule has 1 aromatic heterocycles. The summed E-state index contributed by atoms with van der Waals surface area (Å²) in [5.41, 5.74) is 1.57. The van der Waals surface area contributed by atoms with Gasteiger partial charge in [-0.2, -0.15) is 0 Å². The number of amides is 1.